The van der Waals surface area contributed by atoms with Gasteiger partial charge in [0.1, 0.15) is 17.7 Å². The third-order valence-electron chi connectivity index (χ3n) is 3.07. The summed E-state index contributed by atoms with van der Waals surface area (Å²) < 4.78 is 71.5. The van der Waals surface area contributed by atoms with Crippen molar-refractivity contribution in [3.8, 4) is 0 Å². The molecule has 0 amide bonds. The monoisotopic (exact) mass is 335 g/mol. The summed E-state index contributed by atoms with van der Waals surface area (Å²) in [6.45, 7) is 3.10. The molecule has 1 heterocycles. The van der Waals surface area contributed by atoms with Crippen molar-refractivity contribution in [2.24, 2.45) is 0 Å². The molecule has 2 aromatic rings. The summed E-state index contributed by atoms with van der Waals surface area (Å²) in [5.41, 5.74) is -1.09. The normalized spacial score (nSPS) is 13.6. The van der Waals surface area contributed by atoms with E-state index in [-0.39, 0.29) is 11.8 Å². The standard InChI is InChI=1S/C14H14F5N3O/c1-7(2)13-21-10(23-22-13)6-20-12(14(17,18)19)11-8(15)4-3-5-9(11)16/h3-5,7,12,20H,6H2,1-2H3/t12-/m1/s1. The lowest BCUT2D eigenvalue weighted by molar-refractivity contribution is -0.159. The molecule has 0 unspecified atom stereocenters. The first-order valence-corrected chi connectivity index (χ1v) is 6.76. The van der Waals surface area contributed by atoms with E-state index >= 15 is 0 Å². The molecule has 1 aromatic heterocycles. The van der Waals surface area contributed by atoms with Gasteiger partial charge in [-0.1, -0.05) is 25.1 Å². The number of rotatable bonds is 5. The fourth-order valence-electron chi connectivity index (χ4n) is 1.93. The van der Waals surface area contributed by atoms with Crippen LogP contribution >= 0.6 is 0 Å². The van der Waals surface area contributed by atoms with E-state index in [9.17, 15) is 22.0 Å². The Hall–Kier alpha value is -2.03. The molecule has 0 radical (unpaired) electrons. The molecule has 0 bridgehead atoms. The topological polar surface area (TPSA) is 51.0 Å². The summed E-state index contributed by atoms with van der Waals surface area (Å²) in [7, 11) is 0. The largest absolute Gasteiger partial charge is 0.408 e. The fraction of sp³-hybridized carbons (Fsp3) is 0.429. The molecule has 126 valence electrons. The number of aromatic nitrogens is 2. The Morgan fingerprint density at radius 2 is 1.78 bits per heavy atom. The minimum atomic E-state index is -4.90. The van der Waals surface area contributed by atoms with Crippen LogP contribution in [-0.2, 0) is 6.54 Å². The summed E-state index contributed by atoms with van der Waals surface area (Å²) in [4.78, 5) is 3.91. The second kappa shape index (κ2) is 6.61. The number of hydrogen-bond acceptors (Lipinski definition) is 4. The van der Waals surface area contributed by atoms with Crippen molar-refractivity contribution in [3.05, 3.63) is 47.1 Å². The maximum atomic E-state index is 13.6. The first-order valence-electron chi connectivity index (χ1n) is 6.76. The third kappa shape index (κ3) is 4.04. The molecule has 0 aliphatic rings. The highest BCUT2D eigenvalue weighted by atomic mass is 19.4. The molecule has 9 heteroatoms. The number of nitrogens with zero attached hydrogens (tertiary/aromatic N) is 2. The van der Waals surface area contributed by atoms with Gasteiger partial charge in [-0.15, -0.1) is 0 Å². The highest BCUT2D eigenvalue weighted by Crippen LogP contribution is 2.35. The smallest absolute Gasteiger partial charge is 0.338 e. The second-order valence-electron chi connectivity index (χ2n) is 5.19. The lowest BCUT2D eigenvalue weighted by Gasteiger charge is -2.22. The number of hydrogen-bond donors (Lipinski definition) is 1. The van der Waals surface area contributed by atoms with Crippen LogP contribution < -0.4 is 5.32 Å². The van der Waals surface area contributed by atoms with Crippen molar-refractivity contribution in [2.45, 2.75) is 38.5 Å². The minimum absolute atomic E-state index is 0.0603. The molecule has 0 saturated heterocycles. The van der Waals surface area contributed by atoms with E-state index in [1.54, 1.807) is 13.8 Å². The van der Waals surface area contributed by atoms with Gasteiger partial charge in [-0.25, -0.2) is 8.78 Å². The summed E-state index contributed by atoms with van der Waals surface area (Å²) in [5.74, 6) is -2.39. The van der Waals surface area contributed by atoms with Gasteiger partial charge in [0.2, 0.25) is 5.89 Å². The number of alkyl halides is 3. The molecule has 1 N–H and O–H groups in total. The third-order valence-corrected chi connectivity index (χ3v) is 3.07. The van der Waals surface area contributed by atoms with Crippen LogP contribution in [0, 0.1) is 11.6 Å². The highest BCUT2D eigenvalue weighted by Gasteiger charge is 2.43. The van der Waals surface area contributed by atoms with Crippen LogP contribution in [0.25, 0.3) is 0 Å². The van der Waals surface area contributed by atoms with E-state index in [1.807, 2.05) is 5.32 Å². The zero-order chi connectivity index (χ0) is 17.2. The Labute approximate surface area is 128 Å². The quantitative estimate of drug-likeness (QED) is 0.843. The van der Waals surface area contributed by atoms with E-state index in [0.717, 1.165) is 18.2 Å². The predicted molar refractivity (Wildman–Crippen MR) is 70.4 cm³/mol. The predicted octanol–water partition coefficient (Wildman–Crippen LogP) is 3.86. The van der Waals surface area contributed by atoms with E-state index in [1.165, 1.54) is 0 Å². The van der Waals surface area contributed by atoms with Crippen LogP contribution in [0.5, 0.6) is 0 Å². The Balaban J connectivity index is 2.23. The second-order valence-corrected chi connectivity index (χ2v) is 5.19. The van der Waals surface area contributed by atoms with Crippen LogP contribution in [0.15, 0.2) is 22.7 Å². The van der Waals surface area contributed by atoms with Gasteiger partial charge in [0.15, 0.2) is 5.82 Å². The van der Waals surface area contributed by atoms with Gasteiger partial charge in [-0.2, -0.15) is 18.2 Å². The number of benzene rings is 1. The van der Waals surface area contributed by atoms with Gasteiger partial charge in [0.05, 0.1) is 6.54 Å². The maximum absolute atomic E-state index is 13.6. The fourth-order valence-corrected chi connectivity index (χ4v) is 1.93. The number of nitrogens with one attached hydrogen (secondary N) is 1. The van der Waals surface area contributed by atoms with Crippen molar-refractivity contribution in [1.29, 1.82) is 0 Å². The summed E-state index contributed by atoms with van der Waals surface area (Å²) in [6.07, 6.45) is -4.90. The van der Waals surface area contributed by atoms with Crippen LogP contribution in [0.2, 0.25) is 0 Å². The van der Waals surface area contributed by atoms with Crippen LogP contribution in [0.1, 0.15) is 43.1 Å². The van der Waals surface area contributed by atoms with E-state index in [0.29, 0.717) is 5.82 Å². The summed E-state index contributed by atoms with van der Waals surface area (Å²) in [5, 5.41) is 5.63. The SMILES string of the molecule is CC(C)c1noc(CN[C@H](c2c(F)cccc2F)C(F)(F)F)n1. The molecule has 0 aliphatic heterocycles. The molecular formula is C14H14F5N3O. The maximum Gasteiger partial charge on any atom is 0.408 e. The molecule has 1 aromatic carbocycles. The Morgan fingerprint density at radius 3 is 2.26 bits per heavy atom. The molecule has 0 fully saturated rings. The van der Waals surface area contributed by atoms with Gasteiger partial charge in [-0.3, -0.25) is 5.32 Å². The van der Waals surface area contributed by atoms with Gasteiger partial charge in [0, 0.05) is 11.5 Å². The average molecular weight is 335 g/mol. The minimum Gasteiger partial charge on any atom is -0.338 e. The van der Waals surface area contributed by atoms with Gasteiger partial charge in [0.25, 0.3) is 0 Å². The summed E-state index contributed by atoms with van der Waals surface area (Å²) in [6, 6.07) is -0.00244. The van der Waals surface area contributed by atoms with Crippen LogP contribution in [0.4, 0.5) is 22.0 Å². The van der Waals surface area contributed by atoms with Crippen molar-refractivity contribution >= 4 is 0 Å². The van der Waals surface area contributed by atoms with Gasteiger partial charge in [-0.05, 0) is 12.1 Å². The van der Waals surface area contributed by atoms with E-state index in [4.69, 9.17) is 4.52 Å². The highest BCUT2D eigenvalue weighted by molar-refractivity contribution is 5.24. The molecule has 0 spiro atoms. The van der Waals surface area contributed by atoms with Crippen molar-refractivity contribution in [3.63, 3.8) is 0 Å². The Bertz CT molecular complexity index is 648. The van der Waals surface area contributed by atoms with Crippen molar-refractivity contribution in [2.75, 3.05) is 0 Å². The first kappa shape index (κ1) is 17.3. The molecular weight excluding hydrogens is 321 g/mol. The summed E-state index contributed by atoms with van der Waals surface area (Å²) >= 11 is 0. The zero-order valence-electron chi connectivity index (χ0n) is 12.3. The van der Waals surface area contributed by atoms with Crippen molar-refractivity contribution < 1.29 is 26.5 Å². The molecule has 1 atom stereocenters. The lowest BCUT2D eigenvalue weighted by Crippen LogP contribution is -2.35. The molecule has 4 nitrogen and oxygen atoms in total. The zero-order valence-corrected chi connectivity index (χ0v) is 12.3. The van der Waals surface area contributed by atoms with Gasteiger partial charge < -0.3 is 4.52 Å². The van der Waals surface area contributed by atoms with Gasteiger partial charge >= 0.3 is 6.18 Å². The number of halogens is 5. The molecule has 23 heavy (non-hydrogen) atoms. The van der Waals surface area contributed by atoms with E-state index < -0.39 is 36.0 Å². The molecule has 0 saturated carbocycles. The Morgan fingerprint density at radius 1 is 1.17 bits per heavy atom. The average Bonchev–Trinajstić information content (AvgIpc) is 2.89. The van der Waals surface area contributed by atoms with Crippen LogP contribution in [0.3, 0.4) is 0 Å². The van der Waals surface area contributed by atoms with E-state index in [2.05, 4.69) is 10.1 Å². The Kier molecular flexibility index (Phi) is 4.98. The lowest BCUT2D eigenvalue weighted by atomic mass is 10.0. The molecule has 2 rings (SSSR count). The molecule has 0 aliphatic carbocycles. The van der Waals surface area contributed by atoms with Crippen LogP contribution in [-0.4, -0.2) is 16.3 Å². The van der Waals surface area contributed by atoms with Crippen molar-refractivity contribution in [1.82, 2.24) is 15.5 Å². The first-order chi connectivity index (χ1) is 10.7.